The second-order valence-corrected chi connectivity index (χ2v) is 8.94. The molecule has 3 rings (SSSR count). The molecule has 25 heavy (non-hydrogen) atoms. The molecule has 0 spiro atoms. The monoisotopic (exact) mass is 410 g/mol. The van der Waals surface area contributed by atoms with E-state index in [1.54, 1.807) is 30.5 Å². The largest absolute Gasteiger partial charge is 0.336 e. The number of thioether (sulfide) groups is 1. The van der Waals surface area contributed by atoms with Crippen LogP contribution in [0.4, 0.5) is 0 Å². The molecule has 0 fully saturated rings. The second-order valence-electron chi connectivity index (χ2n) is 5.47. The van der Waals surface area contributed by atoms with Crippen LogP contribution in [0.2, 0.25) is 10.0 Å². The van der Waals surface area contributed by atoms with Crippen LogP contribution in [0.5, 0.6) is 0 Å². The van der Waals surface area contributed by atoms with E-state index >= 15 is 0 Å². The molecule has 0 bridgehead atoms. The van der Waals surface area contributed by atoms with Gasteiger partial charge in [-0.2, -0.15) is 0 Å². The molecule has 1 heterocycles. The number of aromatic nitrogens is 2. The highest BCUT2D eigenvalue weighted by atomic mass is 35.5. The summed E-state index contributed by atoms with van der Waals surface area (Å²) >= 11 is 13.9. The van der Waals surface area contributed by atoms with Gasteiger partial charge in [0.05, 0.1) is 21.6 Å². The number of hydrogen-bond acceptors (Lipinski definition) is 3. The van der Waals surface area contributed by atoms with Gasteiger partial charge in [-0.05, 0) is 35.9 Å². The van der Waals surface area contributed by atoms with Crippen molar-refractivity contribution in [3.05, 3.63) is 76.8 Å². The molecule has 7 heteroatoms. The molecule has 2 atom stereocenters. The van der Waals surface area contributed by atoms with E-state index in [0.717, 1.165) is 21.9 Å². The van der Waals surface area contributed by atoms with Crippen LogP contribution in [0.25, 0.3) is 0 Å². The lowest BCUT2D eigenvalue weighted by Gasteiger charge is -2.18. The van der Waals surface area contributed by atoms with Crippen LogP contribution in [0.3, 0.4) is 0 Å². The zero-order valence-electron chi connectivity index (χ0n) is 13.4. The summed E-state index contributed by atoms with van der Waals surface area (Å²) in [4.78, 5) is 5.98. The van der Waals surface area contributed by atoms with Gasteiger partial charge < -0.3 is 4.57 Å². The number of benzene rings is 2. The normalized spacial score (nSPS) is 13.6. The van der Waals surface area contributed by atoms with Crippen molar-refractivity contribution in [2.24, 2.45) is 0 Å². The summed E-state index contributed by atoms with van der Waals surface area (Å²) in [6.45, 7) is 0.763. The molecule has 0 N–H and O–H groups in total. The summed E-state index contributed by atoms with van der Waals surface area (Å²) in [5.41, 5.74) is 1.15. The summed E-state index contributed by atoms with van der Waals surface area (Å²) in [6, 6.07) is 13.6. The first-order valence-electron chi connectivity index (χ1n) is 7.54. The molecular weight excluding hydrogens is 395 g/mol. The van der Waals surface area contributed by atoms with Crippen molar-refractivity contribution in [2.75, 3.05) is 6.26 Å². The minimum Gasteiger partial charge on any atom is -0.336 e. The highest BCUT2D eigenvalue weighted by molar-refractivity contribution is 7.99. The second kappa shape index (κ2) is 8.41. The van der Waals surface area contributed by atoms with E-state index in [4.69, 9.17) is 23.2 Å². The Kier molecular flexibility index (Phi) is 6.23. The lowest BCUT2D eigenvalue weighted by molar-refractivity contribution is 0.681. The number of nitrogens with zero attached hydrogens (tertiary/aromatic N) is 2. The molecule has 2 unspecified atom stereocenters. The van der Waals surface area contributed by atoms with Crippen LogP contribution < -0.4 is 0 Å². The summed E-state index contributed by atoms with van der Waals surface area (Å²) in [6.07, 6.45) is 7.20. The van der Waals surface area contributed by atoms with Crippen molar-refractivity contribution in [3.8, 4) is 0 Å². The van der Waals surface area contributed by atoms with Gasteiger partial charge in [-0.3, -0.25) is 4.21 Å². The fraction of sp³-hybridized carbons (Fsp3) is 0.167. The third-order valence-electron chi connectivity index (χ3n) is 3.69. The Bertz CT molecular complexity index is 867. The van der Waals surface area contributed by atoms with Gasteiger partial charge in [-0.1, -0.05) is 35.3 Å². The van der Waals surface area contributed by atoms with Crippen molar-refractivity contribution in [1.29, 1.82) is 0 Å². The third-order valence-corrected chi connectivity index (χ3v) is 6.60. The molecule has 0 saturated carbocycles. The molecule has 3 aromatic rings. The number of halogens is 2. The van der Waals surface area contributed by atoms with Gasteiger partial charge in [0, 0.05) is 45.8 Å². The summed E-state index contributed by atoms with van der Waals surface area (Å²) < 4.78 is 13.7. The van der Waals surface area contributed by atoms with Gasteiger partial charge >= 0.3 is 0 Å². The zero-order chi connectivity index (χ0) is 17.8. The molecule has 0 saturated heterocycles. The molecule has 130 valence electrons. The van der Waals surface area contributed by atoms with Gasteiger partial charge in [-0.15, -0.1) is 11.8 Å². The molecule has 1 aromatic heterocycles. The summed E-state index contributed by atoms with van der Waals surface area (Å²) in [5.74, 6) is 0. The van der Waals surface area contributed by atoms with E-state index in [1.165, 1.54) is 0 Å². The molecule has 0 aliphatic heterocycles. The SMILES string of the molecule is CS(=O)c1ccc(C(Cn2ccnc2)Sc2ccc(Cl)c(Cl)c2)cc1. The fourth-order valence-corrected chi connectivity index (χ4v) is 4.47. The molecule has 3 nitrogen and oxygen atoms in total. The molecule has 0 amide bonds. The van der Waals surface area contributed by atoms with Gasteiger partial charge in [0.1, 0.15) is 0 Å². The lowest BCUT2D eigenvalue weighted by atomic mass is 10.1. The van der Waals surface area contributed by atoms with Crippen LogP contribution in [0.1, 0.15) is 10.8 Å². The molecular formula is C18H16Cl2N2OS2. The van der Waals surface area contributed by atoms with Gasteiger partial charge in [-0.25, -0.2) is 4.98 Å². The van der Waals surface area contributed by atoms with Gasteiger partial charge in [0.2, 0.25) is 0 Å². The first kappa shape index (κ1) is 18.5. The maximum absolute atomic E-state index is 11.6. The highest BCUT2D eigenvalue weighted by Gasteiger charge is 2.15. The molecule has 0 aliphatic carbocycles. The third kappa shape index (κ3) is 4.88. The van der Waals surface area contributed by atoms with Crippen molar-refractivity contribution in [2.45, 2.75) is 21.6 Å². The topological polar surface area (TPSA) is 34.9 Å². The van der Waals surface area contributed by atoms with Crippen molar-refractivity contribution in [3.63, 3.8) is 0 Å². The van der Waals surface area contributed by atoms with Crippen LogP contribution in [0, 0.1) is 0 Å². The Morgan fingerprint density at radius 3 is 2.52 bits per heavy atom. The summed E-state index contributed by atoms with van der Waals surface area (Å²) in [7, 11) is -0.980. The first-order valence-corrected chi connectivity index (χ1v) is 10.7. The Morgan fingerprint density at radius 1 is 1.16 bits per heavy atom. The maximum Gasteiger partial charge on any atom is 0.0946 e. The van der Waals surface area contributed by atoms with Crippen LogP contribution in [-0.4, -0.2) is 20.0 Å². The van der Waals surface area contributed by atoms with E-state index in [0.29, 0.717) is 10.0 Å². The average Bonchev–Trinajstić information content (AvgIpc) is 3.11. The highest BCUT2D eigenvalue weighted by Crippen LogP contribution is 2.39. The fourth-order valence-electron chi connectivity index (χ4n) is 2.39. The van der Waals surface area contributed by atoms with E-state index in [2.05, 4.69) is 4.98 Å². The van der Waals surface area contributed by atoms with E-state index in [1.807, 2.05) is 53.2 Å². The van der Waals surface area contributed by atoms with Crippen molar-refractivity contribution in [1.82, 2.24) is 9.55 Å². The van der Waals surface area contributed by atoms with Crippen LogP contribution in [0.15, 0.2) is 71.0 Å². The number of imidazole rings is 1. The Labute approximate surface area is 163 Å². The quantitative estimate of drug-likeness (QED) is 0.505. The Morgan fingerprint density at radius 2 is 1.92 bits per heavy atom. The lowest BCUT2D eigenvalue weighted by Crippen LogP contribution is -2.05. The van der Waals surface area contributed by atoms with Crippen LogP contribution >= 0.6 is 35.0 Å². The summed E-state index contributed by atoms with van der Waals surface area (Å²) in [5, 5.41) is 1.25. The Hall–Kier alpha value is -1.27. The first-order chi connectivity index (χ1) is 12.0. The van der Waals surface area contributed by atoms with E-state index < -0.39 is 10.8 Å². The maximum atomic E-state index is 11.6. The van der Waals surface area contributed by atoms with E-state index in [9.17, 15) is 4.21 Å². The average molecular weight is 411 g/mol. The standard InChI is InChI=1S/C18H16Cl2N2OS2/c1-25(23)15-5-2-13(3-6-15)18(11-22-9-8-21-12-22)24-14-4-7-16(19)17(20)10-14/h2-10,12,18H,11H2,1H3. The molecule has 2 aromatic carbocycles. The number of rotatable bonds is 6. The minimum atomic E-state index is -0.980. The number of hydrogen-bond donors (Lipinski definition) is 0. The van der Waals surface area contributed by atoms with Gasteiger partial charge in [0.15, 0.2) is 0 Å². The molecule has 0 radical (unpaired) electrons. The Balaban J connectivity index is 1.88. The minimum absolute atomic E-state index is 0.158. The van der Waals surface area contributed by atoms with Gasteiger partial charge in [0.25, 0.3) is 0 Å². The predicted octanol–water partition coefficient (Wildman–Crippen LogP) is 5.46. The van der Waals surface area contributed by atoms with Crippen LogP contribution in [-0.2, 0) is 17.3 Å². The van der Waals surface area contributed by atoms with E-state index in [-0.39, 0.29) is 5.25 Å². The zero-order valence-corrected chi connectivity index (χ0v) is 16.6. The predicted molar refractivity (Wildman–Crippen MR) is 106 cm³/mol. The molecule has 0 aliphatic rings. The smallest absolute Gasteiger partial charge is 0.0946 e. The van der Waals surface area contributed by atoms with Crippen molar-refractivity contribution < 1.29 is 4.21 Å². The van der Waals surface area contributed by atoms with Crippen molar-refractivity contribution >= 4 is 45.8 Å².